The second-order valence-corrected chi connectivity index (χ2v) is 4.56. The highest BCUT2D eigenvalue weighted by Crippen LogP contribution is 2.14. The zero-order chi connectivity index (χ0) is 15.4. The predicted molar refractivity (Wildman–Crippen MR) is 75.4 cm³/mol. The Morgan fingerprint density at radius 3 is 2.30 bits per heavy atom. The van der Waals surface area contributed by atoms with Gasteiger partial charge >= 0.3 is 12.0 Å². The fraction of sp³-hybridized carbons (Fsp3) is 0.769. The molecule has 7 nitrogen and oxygen atoms in total. The lowest BCUT2D eigenvalue weighted by Gasteiger charge is -2.14. The summed E-state index contributed by atoms with van der Waals surface area (Å²) in [6.45, 7) is 4.76. The minimum Gasteiger partial charge on any atom is -0.481 e. The number of carboxylic acids is 1. The van der Waals surface area contributed by atoms with Crippen molar-refractivity contribution in [2.45, 2.75) is 39.5 Å². The number of carbonyl (C=O) groups is 3. The van der Waals surface area contributed by atoms with Gasteiger partial charge in [0.2, 0.25) is 5.91 Å². The molecule has 1 unspecified atom stereocenters. The van der Waals surface area contributed by atoms with E-state index in [9.17, 15) is 14.4 Å². The van der Waals surface area contributed by atoms with E-state index in [1.54, 1.807) is 6.92 Å². The molecule has 0 aliphatic rings. The van der Waals surface area contributed by atoms with Gasteiger partial charge in [-0.2, -0.15) is 0 Å². The van der Waals surface area contributed by atoms with Crippen LogP contribution in [0, 0.1) is 5.92 Å². The molecule has 4 N–H and O–H groups in total. The van der Waals surface area contributed by atoms with Crippen molar-refractivity contribution in [1.29, 1.82) is 0 Å². The molecule has 116 valence electrons. The van der Waals surface area contributed by atoms with Crippen LogP contribution in [0.25, 0.3) is 0 Å². The molecule has 0 saturated carbocycles. The summed E-state index contributed by atoms with van der Waals surface area (Å²) >= 11 is 0. The Bertz CT molecular complexity index is 321. The number of hydrogen-bond donors (Lipinski definition) is 4. The zero-order valence-corrected chi connectivity index (χ0v) is 12.2. The molecule has 20 heavy (non-hydrogen) atoms. The van der Waals surface area contributed by atoms with Crippen molar-refractivity contribution in [1.82, 2.24) is 16.0 Å². The van der Waals surface area contributed by atoms with Crippen molar-refractivity contribution in [2.75, 3.05) is 19.6 Å². The van der Waals surface area contributed by atoms with E-state index in [1.165, 1.54) is 0 Å². The van der Waals surface area contributed by atoms with E-state index < -0.39 is 5.97 Å². The van der Waals surface area contributed by atoms with Crippen LogP contribution in [0.4, 0.5) is 4.79 Å². The molecule has 0 saturated heterocycles. The fourth-order valence-corrected chi connectivity index (χ4v) is 1.75. The Kier molecular flexibility index (Phi) is 10.1. The second kappa shape index (κ2) is 11.1. The van der Waals surface area contributed by atoms with Gasteiger partial charge in [-0.3, -0.25) is 9.59 Å². The predicted octanol–water partition coefficient (Wildman–Crippen LogP) is 0.703. The Labute approximate surface area is 119 Å². The van der Waals surface area contributed by atoms with Crippen LogP contribution in [-0.2, 0) is 9.59 Å². The lowest BCUT2D eigenvalue weighted by molar-refractivity contribution is -0.137. The molecule has 3 amide bonds. The molecular weight excluding hydrogens is 262 g/mol. The van der Waals surface area contributed by atoms with Gasteiger partial charge in [0.1, 0.15) is 0 Å². The molecule has 1 atom stereocenters. The Balaban J connectivity index is 3.72. The van der Waals surface area contributed by atoms with E-state index in [-0.39, 0.29) is 30.8 Å². The Morgan fingerprint density at radius 1 is 1.05 bits per heavy atom. The summed E-state index contributed by atoms with van der Waals surface area (Å²) in [4.78, 5) is 33.0. The first-order valence-electron chi connectivity index (χ1n) is 6.99. The van der Waals surface area contributed by atoms with Crippen molar-refractivity contribution in [3.63, 3.8) is 0 Å². The van der Waals surface area contributed by atoms with Crippen molar-refractivity contribution in [3.8, 4) is 0 Å². The van der Waals surface area contributed by atoms with Crippen LogP contribution in [0.5, 0.6) is 0 Å². The number of likely N-dealkylation sites (N-methyl/N-ethyl adjacent to an activating group) is 1. The fourth-order valence-electron chi connectivity index (χ4n) is 1.75. The third kappa shape index (κ3) is 10.2. The lowest BCUT2D eigenvalue weighted by Crippen LogP contribution is -2.42. The van der Waals surface area contributed by atoms with Crippen LogP contribution in [0.3, 0.4) is 0 Å². The molecular formula is C13H25N3O4. The number of nitrogens with one attached hydrogen (secondary N) is 3. The van der Waals surface area contributed by atoms with E-state index in [4.69, 9.17) is 5.11 Å². The van der Waals surface area contributed by atoms with Crippen LogP contribution in [-0.4, -0.2) is 42.6 Å². The minimum atomic E-state index is -0.795. The Hall–Kier alpha value is -1.79. The summed E-state index contributed by atoms with van der Waals surface area (Å²) in [5.74, 6) is -0.735. The van der Waals surface area contributed by atoms with Gasteiger partial charge in [0.15, 0.2) is 0 Å². The molecule has 0 radical (unpaired) electrons. The monoisotopic (exact) mass is 287 g/mol. The van der Waals surface area contributed by atoms with Crippen LogP contribution in [0.1, 0.15) is 39.5 Å². The van der Waals surface area contributed by atoms with E-state index in [0.29, 0.717) is 19.5 Å². The van der Waals surface area contributed by atoms with Crippen LogP contribution < -0.4 is 16.0 Å². The first-order valence-corrected chi connectivity index (χ1v) is 6.99. The van der Waals surface area contributed by atoms with Gasteiger partial charge < -0.3 is 21.1 Å². The second-order valence-electron chi connectivity index (χ2n) is 4.56. The number of aliphatic carboxylic acids is 1. The van der Waals surface area contributed by atoms with Crippen molar-refractivity contribution in [3.05, 3.63) is 0 Å². The highest BCUT2D eigenvalue weighted by atomic mass is 16.4. The average Bonchev–Trinajstić information content (AvgIpc) is 2.40. The molecule has 0 rings (SSSR count). The first-order chi connectivity index (χ1) is 9.49. The highest BCUT2D eigenvalue weighted by Gasteiger charge is 2.10. The number of rotatable bonds is 10. The largest absolute Gasteiger partial charge is 0.481 e. The molecule has 0 aromatic carbocycles. The van der Waals surface area contributed by atoms with E-state index >= 15 is 0 Å². The third-order valence-electron chi connectivity index (χ3n) is 2.97. The van der Waals surface area contributed by atoms with Gasteiger partial charge in [0.25, 0.3) is 0 Å². The highest BCUT2D eigenvalue weighted by molar-refractivity contribution is 5.83. The molecule has 0 spiro atoms. The number of hydrogen-bond acceptors (Lipinski definition) is 3. The van der Waals surface area contributed by atoms with Gasteiger partial charge in [0.05, 0.1) is 6.54 Å². The molecule has 0 fully saturated rings. The number of carbonyl (C=O) groups excluding carboxylic acids is 2. The summed E-state index contributed by atoms with van der Waals surface area (Å²) in [6.07, 6.45) is 2.39. The number of amides is 3. The smallest absolute Gasteiger partial charge is 0.315 e. The number of carboxylic acid groups (broad SMARTS) is 1. The van der Waals surface area contributed by atoms with Crippen LogP contribution in [0.2, 0.25) is 0 Å². The molecule has 0 aromatic rings. The van der Waals surface area contributed by atoms with Gasteiger partial charge in [-0.15, -0.1) is 0 Å². The van der Waals surface area contributed by atoms with E-state index in [0.717, 1.165) is 12.8 Å². The van der Waals surface area contributed by atoms with Crippen molar-refractivity contribution < 1.29 is 19.5 Å². The normalized spacial score (nSPS) is 11.5. The maximum atomic E-state index is 11.4. The summed E-state index contributed by atoms with van der Waals surface area (Å²) < 4.78 is 0. The molecule has 7 heteroatoms. The van der Waals surface area contributed by atoms with Gasteiger partial charge in [0, 0.05) is 19.5 Å². The standard InChI is InChI=1S/C13H25N3O4/c1-3-10(5-6-12(18)19)7-8-15-13(20)16-9-11(17)14-4-2/h10H,3-9H2,1-2H3,(H,14,17)(H,18,19)(H2,15,16,20). The maximum absolute atomic E-state index is 11.4. The topological polar surface area (TPSA) is 108 Å². The van der Waals surface area contributed by atoms with E-state index in [1.807, 2.05) is 6.92 Å². The lowest BCUT2D eigenvalue weighted by atomic mass is 9.97. The van der Waals surface area contributed by atoms with Crippen LogP contribution in [0.15, 0.2) is 0 Å². The van der Waals surface area contributed by atoms with Gasteiger partial charge in [-0.1, -0.05) is 13.3 Å². The minimum absolute atomic E-state index is 0.0457. The van der Waals surface area contributed by atoms with Crippen molar-refractivity contribution in [2.24, 2.45) is 5.92 Å². The van der Waals surface area contributed by atoms with Gasteiger partial charge in [-0.05, 0) is 25.7 Å². The third-order valence-corrected chi connectivity index (χ3v) is 2.97. The number of urea groups is 1. The van der Waals surface area contributed by atoms with Crippen LogP contribution >= 0.6 is 0 Å². The molecule has 0 aliphatic heterocycles. The maximum Gasteiger partial charge on any atom is 0.315 e. The molecule has 0 aromatic heterocycles. The molecule has 0 bridgehead atoms. The first kappa shape index (κ1) is 18.2. The summed E-state index contributed by atoms with van der Waals surface area (Å²) in [7, 11) is 0. The summed E-state index contributed by atoms with van der Waals surface area (Å²) in [5, 5.41) is 16.3. The van der Waals surface area contributed by atoms with E-state index in [2.05, 4.69) is 16.0 Å². The quantitative estimate of drug-likeness (QED) is 0.474. The molecule has 0 aliphatic carbocycles. The SMILES string of the molecule is CCNC(=O)CNC(=O)NCCC(CC)CCC(=O)O. The Morgan fingerprint density at radius 2 is 1.75 bits per heavy atom. The average molecular weight is 287 g/mol. The summed E-state index contributed by atoms with van der Waals surface area (Å²) in [6, 6.07) is -0.385. The zero-order valence-electron chi connectivity index (χ0n) is 12.2. The summed E-state index contributed by atoms with van der Waals surface area (Å²) in [5.41, 5.74) is 0. The van der Waals surface area contributed by atoms with Gasteiger partial charge in [-0.25, -0.2) is 4.79 Å². The molecule has 0 heterocycles. The van der Waals surface area contributed by atoms with Crippen molar-refractivity contribution >= 4 is 17.9 Å².